The number of carbonyl (C=O) groups is 2. The first-order valence-corrected chi connectivity index (χ1v) is 6.50. The summed E-state index contributed by atoms with van der Waals surface area (Å²) in [5.41, 5.74) is 3.45. The summed E-state index contributed by atoms with van der Waals surface area (Å²) in [5.74, 6) is -0.894. The third-order valence-electron chi connectivity index (χ3n) is 2.49. The predicted molar refractivity (Wildman–Crippen MR) is 72.1 cm³/mol. The molecule has 2 aromatic rings. The van der Waals surface area contributed by atoms with Crippen LogP contribution in [0.15, 0.2) is 18.2 Å². The molecule has 0 fully saturated rings. The van der Waals surface area contributed by atoms with E-state index in [1.807, 2.05) is 25.1 Å². The number of aryl methyl sites for hydroxylation is 1. The Labute approximate surface area is 113 Å². The minimum Gasteiger partial charge on any atom is -0.302 e. The number of rotatable bonds is 4. The Morgan fingerprint density at radius 3 is 2.79 bits per heavy atom. The Kier molecular flexibility index (Phi) is 4.08. The fraction of sp³-hybridized carbons (Fsp3) is 0.250. The molecule has 2 rings (SSSR count). The molecule has 19 heavy (non-hydrogen) atoms. The van der Waals surface area contributed by atoms with Gasteiger partial charge in [0.1, 0.15) is 0 Å². The summed E-state index contributed by atoms with van der Waals surface area (Å²) < 4.78 is 1.00. The largest absolute Gasteiger partial charge is 0.302 e. The summed E-state index contributed by atoms with van der Waals surface area (Å²) in [6.45, 7) is 1.99. The molecule has 0 bridgehead atoms. The highest BCUT2D eigenvalue weighted by Gasteiger charge is 2.09. The van der Waals surface area contributed by atoms with E-state index in [0.717, 1.165) is 15.8 Å². The van der Waals surface area contributed by atoms with E-state index in [1.54, 1.807) is 0 Å². The normalized spacial score (nSPS) is 10.4. The standard InChI is InChI=1S/C12H13N3O3S/c1-7-2-3-8-9(6-7)19-12(13-8)14-10(16)4-5-11(17)15-18/h2-3,6,18H,4-5H2,1H3,(H,15,17)(H,13,14,16). The van der Waals surface area contributed by atoms with Crippen LogP contribution >= 0.6 is 11.3 Å². The number of amides is 2. The van der Waals surface area contributed by atoms with Gasteiger partial charge in [-0.05, 0) is 24.6 Å². The maximum atomic E-state index is 11.6. The van der Waals surface area contributed by atoms with Crippen molar-refractivity contribution >= 4 is 38.5 Å². The fourth-order valence-corrected chi connectivity index (χ4v) is 2.53. The number of thiazole rings is 1. The third-order valence-corrected chi connectivity index (χ3v) is 3.43. The lowest BCUT2D eigenvalue weighted by atomic mass is 10.2. The Hall–Kier alpha value is -1.99. The van der Waals surface area contributed by atoms with Crippen LogP contribution in [0.4, 0.5) is 5.13 Å². The zero-order valence-electron chi connectivity index (χ0n) is 10.3. The van der Waals surface area contributed by atoms with Crippen molar-refractivity contribution in [2.75, 3.05) is 5.32 Å². The van der Waals surface area contributed by atoms with Crippen LogP contribution in [0, 0.1) is 6.92 Å². The molecule has 0 spiro atoms. The van der Waals surface area contributed by atoms with Gasteiger partial charge in [-0.3, -0.25) is 14.8 Å². The van der Waals surface area contributed by atoms with Crippen molar-refractivity contribution in [1.29, 1.82) is 0 Å². The van der Waals surface area contributed by atoms with Crippen molar-refractivity contribution < 1.29 is 14.8 Å². The summed E-state index contributed by atoms with van der Waals surface area (Å²) in [5, 5.41) is 11.5. The molecule has 0 aliphatic carbocycles. The number of fused-ring (bicyclic) bond motifs is 1. The molecule has 0 atom stereocenters. The lowest BCUT2D eigenvalue weighted by Gasteiger charge is -2.00. The van der Waals surface area contributed by atoms with E-state index < -0.39 is 5.91 Å². The van der Waals surface area contributed by atoms with Crippen molar-refractivity contribution in [3.05, 3.63) is 23.8 Å². The van der Waals surface area contributed by atoms with E-state index >= 15 is 0 Å². The highest BCUT2D eigenvalue weighted by Crippen LogP contribution is 2.26. The van der Waals surface area contributed by atoms with E-state index in [9.17, 15) is 9.59 Å². The predicted octanol–water partition coefficient (Wildman–Crippen LogP) is 1.83. The molecule has 1 heterocycles. The van der Waals surface area contributed by atoms with Gasteiger partial charge in [0, 0.05) is 12.8 Å². The van der Waals surface area contributed by atoms with Gasteiger partial charge in [-0.1, -0.05) is 17.4 Å². The first-order valence-electron chi connectivity index (χ1n) is 5.68. The molecule has 0 aliphatic rings. The van der Waals surface area contributed by atoms with Gasteiger partial charge in [0.25, 0.3) is 0 Å². The summed E-state index contributed by atoms with van der Waals surface area (Å²) >= 11 is 1.39. The minimum atomic E-state index is -0.588. The van der Waals surface area contributed by atoms with Gasteiger partial charge in [-0.15, -0.1) is 0 Å². The molecule has 2 amide bonds. The van der Waals surface area contributed by atoms with Gasteiger partial charge < -0.3 is 5.32 Å². The zero-order chi connectivity index (χ0) is 13.8. The van der Waals surface area contributed by atoms with E-state index in [-0.39, 0.29) is 18.7 Å². The van der Waals surface area contributed by atoms with Crippen molar-refractivity contribution in [3.8, 4) is 0 Å². The van der Waals surface area contributed by atoms with Crippen molar-refractivity contribution in [1.82, 2.24) is 10.5 Å². The third kappa shape index (κ3) is 3.49. The molecular formula is C12H13N3O3S. The number of anilines is 1. The second-order valence-corrected chi connectivity index (χ2v) is 5.10. The molecule has 7 heteroatoms. The van der Waals surface area contributed by atoms with Crippen LogP contribution in [0.3, 0.4) is 0 Å². The maximum absolute atomic E-state index is 11.6. The molecule has 0 saturated carbocycles. The fourth-order valence-electron chi connectivity index (χ4n) is 1.55. The second kappa shape index (κ2) is 5.77. The second-order valence-electron chi connectivity index (χ2n) is 4.07. The highest BCUT2D eigenvalue weighted by molar-refractivity contribution is 7.22. The van der Waals surface area contributed by atoms with Crippen molar-refractivity contribution in [3.63, 3.8) is 0 Å². The Bertz CT molecular complexity index is 624. The van der Waals surface area contributed by atoms with Crippen LogP contribution in [-0.2, 0) is 9.59 Å². The van der Waals surface area contributed by atoms with Crippen LogP contribution in [0.5, 0.6) is 0 Å². The molecule has 0 unspecified atom stereocenters. The number of nitrogens with zero attached hydrogens (tertiary/aromatic N) is 1. The van der Waals surface area contributed by atoms with E-state index in [4.69, 9.17) is 5.21 Å². The molecule has 0 radical (unpaired) electrons. The first-order chi connectivity index (χ1) is 9.08. The summed E-state index contributed by atoms with van der Waals surface area (Å²) in [4.78, 5) is 26.6. The van der Waals surface area contributed by atoms with Gasteiger partial charge in [-0.25, -0.2) is 10.5 Å². The average molecular weight is 279 g/mol. The number of nitrogens with one attached hydrogen (secondary N) is 2. The van der Waals surface area contributed by atoms with Crippen molar-refractivity contribution in [2.45, 2.75) is 19.8 Å². The van der Waals surface area contributed by atoms with Crippen LogP contribution in [0.25, 0.3) is 10.2 Å². The topological polar surface area (TPSA) is 91.3 Å². The smallest absolute Gasteiger partial charge is 0.243 e. The molecule has 1 aromatic heterocycles. The summed E-state index contributed by atoms with van der Waals surface area (Å²) in [6, 6.07) is 5.86. The number of aromatic nitrogens is 1. The van der Waals surface area contributed by atoms with Crippen LogP contribution < -0.4 is 10.8 Å². The van der Waals surface area contributed by atoms with Gasteiger partial charge in [0.2, 0.25) is 11.8 Å². The average Bonchev–Trinajstić information content (AvgIpc) is 2.77. The molecule has 0 aliphatic heterocycles. The lowest BCUT2D eigenvalue weighted by Crippen LogP contribution is -2.21. The molecule has 6 nitrogen and oxygen atoms in total. The number of carbonyl (C=O) groups excluding carboxylic acids is 2. The lowest BCUT2D eigenvalue weighted by molar-refractivity contribution is -0.131. The van der Waals surface area contributed by atoms with E-state index in [0.29, 0.717) is 5.13 Å². The van der Waals surface area contributed by atoms with Gasteiger partial charge >= 0.3 is 0 Å². The Morgan fingerprint density at radius 1 is 1.32 bits per heavy atom. The number of hydrogen-bond acceptors (Lipinski definition) is 5. The molecule has 0 saturated heterocycles. The number of hydroxylamine groups is 1. The molecule has 1 aromatic carbocycles. The number of hydrogen-bond donors (Lipinski definition) is 3. The highest BCUT2D eigenvalue weighted by atomic mass is 32.1. The Morgan fingerprint density at radius 2 is 2.05 bits per heavy atom. The number of benzene rings is 1. The zero-order valence-corrected chi connectivity index (χ0v) is 11.1. The van der Waals surface area contributed by atoms with Crippen LogP contribution in [-0.4, -0.2) is 22.0 Å². The van der Waals surface area contributed by atoms with E-state index in [2.05, 4.69) is 10.3 Å². The van der Waals surface area contributed by atoms with E-state index in [1.165, 1.54) is 16.8 Å². The van der Waals surface area contributed by atoms with Gasteiger partial charge in [0.15, 0.2) is 5.13 Å². The van der Waals surface area contributed by atoms with Crippen LogP contribution in [0.1, 0.15) is 18.4 Å². The van der Waals surface area contributed by atoms with Gasteiger partial charge in [0.05, 0.1) is 10.2 Å². The quantitative estimate of drug-likeness (QED) is 0.588. The Balaban J connectivity index is 2.01. The monoisotopic (exact) mass is 279 g/mol. The van der Waals surface area contributed by atoms with Crippen LogP contribution in [0.2, 0.25) is 0 Å². The molecule has 100 valence electrons. The summed E-state index contributed by atoms with van der Waals surface area (Å²) in [7, 11) is 0. The first kappa shape index (κ1) is 13.4. The summed E-state index contributed by atoms with van der Waals surface area (Å²) in [6.07, 6.45) is -0.0618. The minimum absolute atomic E-state index is 0.00134. The maximum Gasteiger partial charge on any atom is 0.243 e. The van der Waals surface area contributed by atoms with Crippen molar-refractivity contribution in [2.24, 2.45) is 0 Å². The molecule has 3 N–H and O–H groups in total. The van der Waals surface area contributed by atoms with Gasteiger partial charge in [-0.2, -0.15) is 0 Å². The molecular weight excluding hydrogens is 266 g/mol. The SMILES string of the molecule is Cc1ccc2nc(NC(=O)CCC(=O)NO)sc2c1.